The number of amides is 1. The summed E-state index contributed by atoms with van der Waals surface area (Å²) in [5, 5.41) is 10.2. The zero-order chi connectivity index (χ0) is 16.4. The first-order valence-corrected chi connectivity index (χ1v) is 8.77. The Bertz CT molecular complexity index is 542. The van der Waals surface area contributed by atoms with Crippen LogP contribution in [0, 0.1) is 5.92 Å². The largest absolute Gasteiger partial charge is 0.375 e. The van der Waals surface area contributed by atoms with Gasteiger partial charge in [-0.3, -0.25) is 14.8 Å². The van der Waals surface area contributed by atoms with E-state index in [1.165, 1.54) is 0 Å². The molecule has 1 amide bonds. The van der Waals surface area contributed by atoms with Crippen LogP contribution < -0.4 is 5.32 Å². The molecule has 0 saturated carbocycles. The second-order valence-corrected chi connectivity index (χ2v) is 7.16. The molecule has 1 aromatic rings. The lowest BCUT2D eigenvalue weighted by Gasteiger charge is -2.36. The molecule has 3 heterocycles. The molecule has 0 spiro atoms. The number of aromatic amines is 1. The molecule has 0 aromatic carbocycles. The Morgan fingerprint density at radius 2 is 2.35 bits per heavy atom. The van der Waals surface area contributed by atoms with Crippen LogP contribution >= 0.6 is 0 Å². The number of aromatic nitrogens is 2. The van der Waals surface area contributed by atoms with Gasteiger partial charge in [0.15, 0.2) is 0 Å². The maximum Gasteiger partial charge on any atom is 0.272 e. The van der Waals surface area contributed by atoms with Crippen LogP contribution in [0.3, 0.4) is 0 Å². The molecule has 3 atom stereocenters. The number of fused-ring (bicyclic) bond motifs is 1. The highest BCUT2D eigenvalue weighted by Gasteiger charge is 2.38. The van der Waals surface area contributed by atoms with Crippen LogP contribution in [-0.4, -0.2) is 58.9 Å². The first-order valence-electron chi connectivity index (χ1n) is 8.77. The van der Waals surface area contributed by atoms with Crippen molar-refractivity contribution in [3.63, 3.8) is 0 Å². The van der Waals surface area contributed by atoms with Crippen LogP contribution in [0.15, 0.2) is 6.07 Å². The molecular formula is C17H28N4O2. The number of hydrogen-bond acceptors (Lipinski definition) is 4. The predicted molar refractivity (Wildman–Crippen MR) is 88.4 cm³/mol. The van der Waals surface area contributed by atoms with Crippen molar-refractivity contribution in [2.45, 2.75) is 58.2 Å². The van der Waals surface area contributed by atoms with E-state index in [1.807, 2.05) is 6.07 Å². The molecule has 1 aromatic heterocycles. The van der Waals surface area contributed by atoms with Crippen LogP contribution in [0.5, 0.6) is 0 Å². The molecule has 2 saturated heterocycles. The topological polar surface area (TPSA) is 70.2 Å². The normalized spacial score (nSPS) is 28.1. The Morgan fingerprint density at radius 3 is 3.09 bits per heavy atom. The molecule has 2 N–H and O–H groups in total. The SMILES string of the molecule is CCCc1cc(C(=O)N[C@@H]2C[C@H]3CO[C@@H](C(C)C)CN3C2)n[nH]1. The summed E-state index contributed by atoms with van der Waals surface area (Å²) in [4.78, 5) is 14.8. The van der Waals surface area contributed by atoms with E-state index in [1.54, 1.807) is 0 Å². The maximum atomic E-state index is 12.4. The van der Waals surface area contributed by atoms with Crippen LogP contribution in [0.4, 0.5) is 0 Å². The summed E-state index contributed by atoms with van der Waals surface area (Å²) in [6.07, 6.45) is 3.24. The fourth-order valence-corrected chi connectivity index (χ4v) is 3.54. The number of morpholine rings is 1. The number of rotatable bonds is 5. The summed E-state index contributed by atoms with van der Waals surface area (Å²) >= 11 is 0. The van der Waals surface area contributed by atoms with Crippen LogP contribution in [-0.2, 0) is 11.2 Å². The molecule has 128 valence electrons. The van der Waals surface area contributed by atoms with Gasteiger partial charge in [0.1, 0.15) is 5.69 Å². The van der Waals surface area contributed by atoms with Crippen molar-refractivity contribution >= 4 is 5.91 Å². The molecule has 2 aliphatic rings. The highest BCUT2D eigenvalue weighted by atomic mass is 16.5. The van der Waals surface area contributed by atoms with Gasteiger partial charge in [0, 0.05) is 30.9 Å². The minimum atomic E-state index is -0.0743. The molecule has 3 rings (SSSR count). The Kier molecular flexibility index (Phi) is 5.02. The molecular weight excluding hydrogens is 292 g/mol. The van der Waals surface area contributed by atoms with Crippen molar-refractivity contribution in [1.82, 2.24) is 20.4 Å². The van der Waals surface area contributed by atoms with Gasteiger partial charge in [-0.05, 0) is 24.8 Å². The lowest BCUT2D eigenvalue weighted by molar-refractivity contribution is -0.0683. The van der Waals surface area contributed by atoms with Gasteiger partial charge in [0.25, 0.3) is 5.91 Å². The van der Waals surface area contributed by atoms with Crippen molar-refractivity contribution in [3.05, 3.63) is 17.5 Å². The van der Waals surface area contributed by atoms with Gasteiger partial charge in [0.2, 0.25) is 0 Å². The molecule has 23 heavy (non-hydrogen) atoms. The average Bonchev–Trinajstić information content (AvgIpc) is 3.12. The van der Waals surface area contributed by atoms with E-state index < -0.39 is 0 Å². The third kappa shape index (κ3) is 3.75. The number of H-pyrrole nitrogens is 1. The number of nitrogens with one attached hydrogen (secondary N) is 2. The number of carbonyl (C=O) groups excluding carboxylic acids is 1. The monoisotopic (exact) mass is 320 g/mol. The number of ether oxygens (including phenoxy) is 1. The molecule has 0 unspecified atom stereocenters. The smallest absolute Gasteiger partial charge is 0.272 e. The van der Waals surface area contributed by atoms with E-state index in [-0.39, 0.29) is 11.9 Å². The predicted octanol–water partition coefficient (Wildman–Crippen LogP) is 1.59. The zero-order valence-electron chi connectivity index (χ0n) is 14.3. The molecule has 0 bridgehead atoms. The quantitative estimate of drug-likeness (QED) is 0.864. The minimum Gasteiger partial charge on any atom is -0.375 e. The summed E-state index contributed by atoms with van der Waals surface area (Å²) < 4.78 is 5.95. The third-order valence-electron chi connectivity index (χ3n) is 4.91. The van der Waals surface area contributed by atoms with Gasteiger partial charge < -0.3 is 10.1 Å². The molecule has 0 radical (unpaired) electrons. The number of nitrogens with zero attached hydrogens (tertiary/aromatic N) is 2. The fraction of sp³-hybridized carbons (Fsp3) is 0.765. The molecule has 6 heteroatoms. The first-order chi connectivity index (χ1) is 11.1. The van der Waals surface area contributed by atoms with E-state index in [2.05, 4.69) is 41.2 Å². The number of carbonyl (C=O) groups is 1. The Balaban J connectivity index is 1.54. The van der Waals surface area contributed by atoms with Crippen molar-refractivity contribution in [2.75, 3.05) is 19.7 Å². The third-order valence-corrected chi connectivity index (χ3v) is 4.91. The lowest BCUT2D eigenvalue weighted by atomic mass is 10.0. The Hall–Kier alpha value is -1.40. The standard InChI is InChI=1S/C17H28N4O2/c1-4-5-12-7-15(20-19-12)17(22)18-13-6-14-10-23-16(11(2)3)9-21(14)8-13/h7,11,13-14,16H,4-6,8-10H2,1-3H3,(H,18,22)(H,19,20)/t13-,14+,16-/m1/s1. The second kappa shape index (κ2) is 7.01. The summed E-state index contributed by atoms with van der Waals surface area (Å²) in [5.41, 5.74) is 1.52. The van der Waals surface area contributed by atoms with Gasteiger partial charge in [-0.15, -0.1) is 0 Å². The maximum absolute atomic E-state index is 12.4. The van der Waals surface area contributed by atoms with Crippen molar-refractivity contribution in [1.29, 1.82) is 0 Å². The highest BCUT2D eigenvalue weighted by Crippen LogP contribution is 2.25. The summed E-state index contributed by atoms with van der Waals surface area (Å²) in [6, 6.07) is 2.48. The Morgan fingerprint density at radius 1 is 1.52 bits per heavy atom. The molecule has 2 fully saturated rings. The van der Waals surface area contributed by atoms with Crippen molar-refractivity contribution in [3.8, 4) is 0 Å². The highest BCUT2D eigenvalue weighted by molar-refractivity contribution is 5.92. The van der Waals surface area contributed by atoms with Gasteiger partial charge in [-0.2, -0.15) is 5.10 Å². The van der Waals surface area contributed by atoms with Crippen LogP contribution in [0.2, 0.25) is 0 Å². The first kappa shape index (κ1) is 16.5. The van der Waals surface area contributed by atoms with E-state index in [0.29, 0.717) is 23.8 Å². The molecule has 0 aliphatic carbocycles. The fourth-order valence-electron chi connectivity index (χ4n) is 3.54. The van der Waals surface area contributed by atoms with E-state index in [0.717, 1.165) is 44.7 Å². The van der Waals surface area contributed by atoms with Crippen molar-refractivity contribution < 1.29 is 9.53 Å². The Labute approximate surface area is 138 Å². The average molecular weight is 320 g/mol. The second-order valence-electron chi connectivity index (χ2n) is 7.16. The number of hydrogen-bond donors (Lipinski definition) is 2. The lowest BCUT2D eigenvalue weighted by Crippen LogP contribution is -2.48. The summed E-state index contributed by atoms with van der Waals surface area (Å²) in [6.45, 7) is 9.17. The summed E-state index contributed by atoms with van der Waals surface area (Å²) in [7, 11) is 0. The summed E-state index contributed by atoms with van der Waals surface area (Å²) in [5.74, 6) is 0.459. The zero-order valence-corrected chi connectivity index (χ0v) is 14.3. The number of aryl methyl sites for hydroxylation is 1. The van der Waals surface area contributed by atoms with Crippen LogP contribution in [0.1, 0.15) is 49.8 Å². The van der Waals surface area contributed by atoms with E-state index >= 15 is 0 Å². The van der Waals surface area contributed by atoms with Gasteiger partial charge in [0.05, 0.1) is 12.7 Å². The van der Waals surface area contributed by atoms with Crippen LogP contribution in [0.25, 0.3) is 0 Å². The van der Waals surface area contributed by atoms with E-state index in [4.69, 9.17) is 4.74 Å². The van der Waals surface area contributed by atoms with E-state index in [9.17, 15) is 4.79 Å². The van der Waals surface area contributed by atoms with Crippen molar-refractivity contribution in [2.24, 2.45) is 5.92 Å². The minimum absolute atomic E-state index is 0.0743. The molecule has 2 aliphatic heterocycles. The van der Waals surface area contributed by atoms with Gasteiger partial charge in [-0.25, -0.2) is 0 Å². The van der Waals surface area contributed by atoms with Gasteiger partial charge >= 0.3 is 0 Å². The molecule has 6 nitrogen and oxygen atoms in total. The van der Waals surface area contributed by atoms with Gasteiger partial charge in [-0.1, -0.05) is 27.2 Å².